The van der Waals surface area contributed by atoms with Gasteiger partial charge in [-0.2, -0.15) is 5.10 Å². The van der Waals surface area contributed by atoms with E-state index in [0.717, 1.165) is 18.9 Å². The lowest BCUT2D eigenvalue weighted by atomic mass is 9.80. The Labute approximate surface area is 265 Å². The number of halogens is 4. The molecule has 0 radical (unpaired) electrons. The lowest BCUT2D eigenvalue weighted by Gasteiger charge is -2.33. The highest BCUT2D eigenvalue weighted by Gasteiger charge is 2.62. The maximum Gasteiger partial charge on any atom is 0.251 e. The van der Waals surface area contributed by atoms with Crippen LogP contribution in [0.1, 0.15) is 60.3 Å². The van der Waals surface area contributed by atoms with Crippen LogP contribution in [-0.4, -0.2) is 57.6 Å². The molecule has 2 aromatic heterocycles. The van der Waals surface area contributed by atoms with Gasteiger partial charge in [-0.25, -0.2) is 18.2 Å². The first kappa shape index (κ1) is 30.3. The number of hydrogen-bond donors (Lipinski definition) is 3. The summed E-state index contributed by atoms with van der Waals surface area (Å²) in [6.45, 7) is 0.598. The number of benzene rings is 2. The van der Waals surface area contributed by atoms with Crippen molar-refractivity contribution in [1.29, 1.82) is 0 Å². The number of aromatic nitrogens is 3. The Morgan fingerprint density at radius 3 is 2.61 bits per heavy atom. The first-order chi connectivity index (χ1) is 21.8. The summed E-state index contributed by atoms with van der Waals surface area (Å²) in [4.78, 5) is 30.5. The molecular formula is C32H29ClF3N5O5. The smallest absolute Gasteiger partial charge is 0.251 e. The molecule has 1 aliphatic heterocycles. The zero-order valence-electron chi connectivity index (χ0n) is 24.8. The molecule has 3 heterocycles. The molecule has 2 aromatic carbocycles. The van der Waals surface area contributed by atoms with Gasteiger partial charge in [-0.15, -0.1) is 0 Å². The number of alkyl halides is 1. The van der Waals surface area contributed by atoms with Gasteiger partial charge in [-0.1, -0.05) is 11.6 Å². The number of amides is 2. The molecular weight excluding hydrogens is 627 g/mol. The van der Waals surface area contributed by atoms with Gasteiger partial charge >= 0.3 is 0 Å². The number of ether oxygens (including phenoxy) is 2. The topological polar surface area (TPSA) is 142 Å². The molecule has 2 atom stereocenters. The summed E-state index contributed by atoms with van der Waals surface area (Å²) in [6.07, 6.45) is 3.73. The standard InChI is InChI=1S/C32H29ClF3N5O5/c1-30(29(37)43)14-46-27-19(30)10-24(39-26(27)18-9-20(33)22(35)11-21(18)34)32(44,31(36)5-6-31)13-38-28(42)15-7-16-12-41(17-3-4-17)40-25(16)23(8-15)45-2/h7-12,17,44H,3-6,13-14H2,1-2H3,(H2,37,43)(H,38,42)/t30-,32?/m0/s1. The molecule has 4 aromatic rings. The molecule has 0 spiro atoms. The molecule has 10 nitrogen and oxygen atoms in total. The van der Waals surface area contributed by atoms with Crippen molar-refractivity contribution in [2.45, 2.75) is 55.3 Å². The first-order valence-electron chi connectivity index (χ1n) is 14.7. The Balaban J connectivity index is 1.30. The maximum atomic E-state index is 16.2. The number of rotatable bonds is 9. The van der Waals surface area contributed by atoms with Crippen molar-refractivity contribution in [3.63, 3.8) is 0 Å². The molecule has 2 fully saturated rings. The number of nitrogens with two attached hydrogens (primary N) is 1. The van der Waals surface area contributed by atoms with E-state index >= 15 is 8.78 Å². The molecule has 240 valence electrons. The lowest BCUT2D eigenvalue weighted by Crippen LogP contribution is -2.49. The van der Waals surface area contributed by atoms with Gasteiger partial charge in [-0.05, 0) is 56.9 Å². The minimum atomic E-state index is -2.45. The Kier molecular flexibility index (Phi) is 6.80. The number of nitrogens with one attached hydrogen (secondary N) is 1. The van der Waals surface area contributed by atoms with Crippen molar-refractivity contribution >= 4 is 34.3 Å². The van der Waals surface area contributed by atoms with E-state index in [1.165, 1.54) is 26.2 Å². The molecule has 14 heteroatoms. The van der Waals surface area contributed by atoms with Crippen LogP contribution in [0.3, 0.4) is 0 Å². The number of nitrogens with zero attached hydrogens (tertiary/aromatic N) is 3. The molecule has 0 saturated heterocycles. The van der Waals surface area contributed by atoms with Gasteiger partial charge in [0.2, 0.25) is 5.91 Å². The number of methoxy groups -OCH3 is 1. The van der Waals surface area contributed by atoms with E-state index in [0.29, 0.717) is 28.8 Å². The summed E-state index contributed by atoms with van der Waals surface area (Å²) in [5.74, 6) is -3.18. The van der Waals surface area contributed by atoms with Crippen LogP contribution < -0.4 is 20.5 Å². The molecule has 3 aliphatic rings. The Hall–Kier alpha value is -4.36. The monoisotopic (exact) mass is 655 g/mol. The molecule has 46 heavy (non-hydrogen) atoms. The second-order valence-corrected chi connectivity index (χ2v) is 12.8. The van der Waals surface area contributed by atoms with Crippen LogP contribution in [0.4, 0.5) is 13.2 Å². The van der Waals surface area contributed by atoms with Gasteiger partial charge in [0.25, 0.3) is 5.91 Å². The fourth-order valence-electron chi connectivity index (χ4n) is 5.93. The SMILES string of the molecule is COc1cc(C(=O)NCC(O)(c2cc3c(c(-c4cc(Cl)c(F)cc4F)n2)OC[C@]3(C)C(N)=O)C2(F)CC2)cc2cn(C3CC3)nc12. The van der Waals surface area contributed by atoms with Crippen molar-refractivity contribution in [2.24, 2.45) is 5.73 Å². The van der Waals surface area contributed by atoms with Crippen LogP contribution in [0, 0.1) is 11.6 Å². The number of carbonyl (C=O) groups is 2. The van der Waals surface area contributed by atoms with Gasteiger partial charge in [0.15, 0.2) is 5.60 Å². The summed E-state index contributed by atoms with van der Waals surface area (Å²) in [7, 11) is 1.46. The summed E-state index contributed by atoms with van der Waals surface area (Å²) in [5, 5.41) is 19.5. The van der Waals surface area contributed by atoms with Gasteiger partial charge in [0.05, 0.1) is 30.4 Å². The maximum absolute atomic E-state index is 16.2. The van der Waals surface area contributed by atoms with Crippen LogP contribution in [0.15, 0.2) is 36.5 Å². The summed E-state index contributed by atoms with van der Waals surface area (Å²) < 4.78 is 58.5. The molecule has 4 N–H and O–H groups in total. The highest BCUT2D eigenvalue weighted by atomic mass is 35.5. The molecule has 2 saturated carbocycles. The van der Waals surface area contributed by atoms with Crippen molar-refractivity contribution in [3.8, 4) is 22.8 Å². The normalized spacial score (nSPS) is 20.9. The number of hydrogen-bond acceptors (Lipinski definition) is 7. The minimum absolute atomic E-state index is 0.0474. The third-order valence-electron chi connectivity index (χ3n) is 9.23. The van der Waals surface area contributed by atoms with E-state index in [9.17, 15) is 19.1 Å². The zero-order valence-corrected chi connectivity index (χ0v) is 25.6. The van der Waals surface area contributed by atoms with Crippen LogP contribution in [0.25, 0.3) is 22.2 Å². The minimum Gasteiger partial charge on any atom is -0.494 e. The third kappa shape index (κ3) is 4.66. The van der Waals surface area contributed by atoms with Crippen LogP contribution in [0.5, 0.6) is 11.5 Å². The van der Waals surface area contributed by atoms with E-state index in [2.05, 4.69) is 15.4 Å². The predicted molar refractivity (Wildman–Crippen MR) is 160 cm³/mol. The molecule has 7 rings (SSSR count). The van der Waals surface area contributed by atoms with Crippen LogP contribution in [0.2, 0.25) is 5.02 Å². The largest absolute Gasteiger partial charge is 0.494 e. The number of fused-ring (bicyclic) bond motifs is 2. The highest BCUT2D eigenvalue weighted by molar-refractivity contribution is 6.31. The van der Waals surface area contributed by atoms with Gasteiger partial charge in [-0.3, -0.25) is 14.3 Å². The van der Waals surface area contributed by atoms with Gasteiger partial charge in [0.1, 0.15) is 52.0 Å². The summed E-state index contributed by atoms with van der Waals surface area (Å²) in [6, 6.07) is 6.26. The summed E-state index contributed by atoms with van der Waals surface area (Å²) >= 11 is 5.97. The number of primary amides is 1. The second kappa shape index (κ2) is 10.3. The average Bonchev–Trinajstić information content (AvgIpc) is 3.95. The van der Waals surface area contributed by atoms with Crippen molar-refractivity contribution in [3.05, 3.63) is 70.0 Å². The van der Waals surface area contributed by atoms with Crippen molar-refractivity contribution in [2.75, 3.05) is 20.3 Å². The van der Waals surface area contributed by atoms with E-state index in [-0.39, 0.29) is 53.3 Å². The van der Waals surface area contributed by atoms with E-state index in [1.807, 2.05) is 10.9 Å². The Morgan fingerprint density at radius 2 is 1.96 bits per heavy atom. The predicted octanol–water partition coefficient (Wildman–Crippen LogP) is 4.63. The Bertz CT molecular complexity index is 1960. The van der Waals surface area contributed by atoms with E-state index in [1.54, 1.807) is 6.07 Å². The Morgan fingerprint density at radius 1 is 1.22 bits per heavy atom. The zero-order chi connectivity index (χ0) is 32.8. The van der Waals surface area contributed by atoms with Crippen LogP contribution in [-0.2, 0) is 15.8 Å². The van der Waals surface area contributed by atoms with Gasteiger partial charge in [0, 0.05) is 34.3 Å². The van der Waals surface area contributed by atoms with Crippen LogP contribution >= 0.6 is 11.6 Å². The lowest BCUT2D eigenvalue weighted by molar-refractivity contribution is -0.123. The second-order valence-electron chi connectivity index (χ2n) is 12.4. The fraction of sp³-hybridized carbons (Fsp3) is 0.375. The molecule has 2 amide bonds. The molecule has 0 bridgehead atoms. The van der Waals surface area contributed by atoms with E-state index in [4.69, 9.17) is 26.8 Å². The van der Waals surface area contributed by atoms with E-state index < -0.39 is 51.7 Å². The third-order valence-corrected chi connectivity index (χ3v) is 9.52. The molecule has 2 aliphatic carbocycles. The number of pyridine rings is 1. The van der Waals surface area contributed by atoms with Crippen molar-refractivity contribution in [1.82, 2.24) is 20.1 Å². The quantitative estimate of drug-likeness (QED) is 0.223. The number of aliphatic hydroxyl groups is 1. The summed E-state index contributed by atoms with van der Waals surface area (Å²) in [5.41, 5.74) is -0.374. The molecule has 1 unspecified atom stereocenters. The first-order valence-corrected chi connectivity index (χ1v) is 15.1. The highest BCUT2D eigenvalue weighted by Crippen LogP contribution is 2.55. The fourth-order valence-corrected chi connectivity index (χ4v) is 6.10. The average molecular weight is 656 g/mol. The number of carbonyl (C=O) groups excluding carboxylic acids is 2. The van der Waals surface area contributed by atoms with Gasteiger partial charge < -0.3 is 25.6 Å². The van der Waals surface area contributed by atoms with Crippen molar-refractivity contribution < 1.29 is 37.3 Å².